The first kappa shape index (κ1) is 20.9. The van der Waals surface area contributed by atoms with Gasteiger partial charge in [0.05, 0.1) is 20.8 Å². The Balaban J connectivity index is 1.83. The van der Waals surface area contributed by atoms with Gasteiger partial charge in [-0.2, -0.15) is 0 Å². The van der Waals surface area contributed by atoms with Crippen LogP contribution < -0.4 is 25.4 Å². The normalized spacial score (nSPS) is 14.7. The second-order valence-corrected chi connectivity index (χ2v) is 6.66. The second-order valence-electron chi connectivity index (χ2n) is 6.66. The SMILES string of the molecule is CCNC(=NCCNC(=O)CC1CCCC1)Nc1ccc(OC)c(OC)c1. The number of anilines is 1. The van der Waals surface area contributed by atoms with Gasteiger partial charge in [0.15, 0.2) is 17.5 Å². The minimum absolute atomic E-state index is 0.134. The van der Waals surface area contributed by atoms with Crippen LogP contribution in [0.5, 0.6) is 11.5 Å². The van der Waals surface area contributed by atoms with Gasteiger partial charge in [-0.15, -0.1) is 0 Å². The summed E-state index contributed by atoms with van der Waals surface area (Å²) < 4.78 is 10.6. The quantitative estimate of drug-likeness (QED) is 0.351. The van der Waals surface area contributed by atoms with E-state index in [-0.39, 0.29) is 5.91 Å². The van der Waals surface area contributed by atoms with E-state index in [0.29, 0.717) is 42.9 Å². The molecular formula is C20H32N4O3. The van der Waals surface area contributed by atoms with Gasteiger partial charge in [-0.25, -0.2) is 0 Å². The predicted molar refractivity (Wildman–Crippen MR) is 109 cm³/mol. The molecule has 7 heteroatoms. The van der Waals surface area contributed by atoms with Crippen LogP contribution in [0.25, 0.3) is 0 Å². The first-order valence-corrected chi connectivity index (χ1v) is 9.70. The molecule has 27 heavy (non-hydrogen) atoms. The molecule has 0 saturated heterocycles. The topological polar surface area (TPSA) is 84.0 Å². The highest BCUT2D eigenvalue weighted by molar-refractivity contribution is 5.94. The Morgan fingerprint density at radius 3 is 2.56 bits per heavy atom. The number of hydrogen-bond acceptors (Lipinski definition) is 4. The summed E-state index contributed by atoms with van der Waals surface area (Å²) >= 11 is 0. The summed E-state index contributed by atoms with van der Waals surface area (Å²) in [6.07, 6.45) is 5.54. The number of methoxy groups -OCH3 is 2. The molecule has 1 aromatic carbocycles. The Morgan fingerprint density at radius 2 is 1.89 bits per heavy atom. The fourth-order valence-corrected chi connectivity index (χ4v) is 3.27. The molecule has 150 valence electrons. The Hall–Kier alpha value is -2.44. The van der Waals surface area contributed by atoms with Crippen molar-refractivity contribution >= 4 is 17.6 Å². The molecular weight excluding hydrogens is 344 g/mol. The van der Waals surface area contributed by atoms with E-state index in [9.17, 15) is 4.79 Å². The summed E-state index contributed by atoms with van der Waals surface area (Å²) in [5, 5.41) is 9.41. The van der Waals surface area contributed by atoms with Crippen LogP contribution in [0.2, 0.25) is 0 Å². The summed E-state index contributed by atoms with van der Waals surface area (Å²) in [7, 11) is 3.21. The van der Waals surface area contributed by atoms with Crippen molar-refractivity contribution in [3.63, 3.8) is 0 Å². The Morgan fingerprint density at radius 1 is 1.15 bits per heavy atom. The average Bonchev–Trinajstić information content (AvgIpc) is 3.18. The van der Waals surface area contributed by atoms with Gasteiger partial charge in [-0.1, -0.05) is 12.8 Å². The lowest BCUT2D eigenvalue weighted by Crippen LogP contribution is -2.32. The number of rotatable bonds is 9. The van der Waals surface area contributed by atoms with E-state index in [0.717, 1.165) is 12.2 Å². The zero-order chi connectivity index (χ0) is 19.5. The molecule has 0 aromatic heterocycles. The number of carbonyl (C=O) groups is 1. The number of amides is 1. The number of nitrogens with one attached hydrogen (secondary N) is 3. The van der Waals surface area contributed by atoms with E-state index in [1.165, 1.54) is 25.7 Å². The molecule has 1 aromatic rings. The molecule has 0 bridgehead atoms. The maximum Gasteiger partial charge on any atom is 0.220 e. The monoisotopic (exact) mass is 376 g/mol. The third-order valence-electron chi connectivity index (χ3n) is 4.64. The van der Waals surface area contributed by atoms with Crippen molar-refractivity contribution in [2.24, 2.45) is 10.9 Å². The van der Waals surface area contributed by atoms with Gasteiger partial charge >= 0.3 is 0 Å². The highest BCUT2D eigenvalue weighted by Gasteiger charge is 2.17. The lowest BCUT2D eigenvalue weighted by atomic mass is 10.0. The number of aliphatic imine (C=N–C) groups is 1. The van der Waals surface area contributed by atoms with Gasteiger partial charge in [0.2, 0.25) is 5.91 Å². The Bertz CT molecular complexity index is 628. The number of benzene rings is 1. The van der Waals surface area contributed by atoms with Gasteiger partial charge in [0, 0.05) is 31.3 Å². The minimum atomic E-state index is 0.134. The van der Waals surface area contributed by atoms with Crippen molar-refractivity contribution in [1.82, 2.24) is 10.6 Å². The van der Waals surface area contributed by atoms with Gasteiger partial charge in [0.1, 0.15) is 0 Å². The molecule has 0 aliphatic heterocycles. The summed E-state index contributed by atoms with van der Waals surface area (Å²) in [6, 6.07) is 5.60. The largest absolute Gasteiger partial charge is 0.493 e. The zero-order valence-corrected chi connectivity index (χ0v) is 16.6. The number of ether oxygens (including phenoxy) is 2. The smallest absolute Gasteiger partial charge is 0.220 e. The van der Waals surface area contributed by atoms with Gasteiger partial charge in [-0.05, 0) is 37.8 Å². The summed E-state index contributed by atoms with van der Waals surface area (Å²) in [5.41, 5.74) is 0.845. The van der Waals surface area contributed by atoms with Crippen molar-refractivity contribution in [3.8, 4) is 11.5 Å². The van der Waals surface area contributed by atoms with Crippen LogP contribution in [0.15, 0.2) is 23.2 Å². The molecule has 0 spiro atoms. The maximum absolute atomic E-state index is 12.0. The molecule has 1 saturated carbocycles. The van der Waals surface area contributed by atoms with Crippen LogP contribution in [0.1, 0.15) is 39.0 Å². The fraction of sp³-hybridized carbons (Fsp3) is 0.600. The van der Waals surface area contributed by atoms with Crippen molar-refractivity contribution in [3.05, 3.63) is 18.2 Å². The number of carbonyl (C=O) groups excluding carboxylic acids is 1. The van der Waals surface area contributed by atoms with Gasteiger partial charge in [0.25, 0.3) is 0 Å². The molecule has 1 amide bonds. The van der Waals surface area contributed by atoms with E-state index >= 15 is 0 Å². The highest BCUT2D eigenvalue weighted by Crippen LogP contribution is 2.29. The van der Waals surface area contributed by atoms with E-state index in [2.05, 4.69) is 20.9 Å². The zero-order valence-electron chi connectivity index (χ0n) is 16.6. The van der Waals surface area contributed by atoms with Crippen molar-refractivity contribution in [2.45, 2.75) is 39.0 Å². The first-order valence-electron chi connectivity index (χ1n) is 9.70. The standard InChI is InChI=1S/C20H32N4O3/c1-4-21-20(24-16-9-10-17(26-2)18(14-16)27-3)23-12-11-22-19(25)13-15-7-5-6-8-15/h9-10,14-15H,4-8,11-13H2,1-3H3,(H,22,25)(H2,21,23,24). The number of guanidine groups is 1. The predicted octanol–water partition coefficient (Wildman–Crippen LogP) is 2.78. The van der Waals surface area contributed by atoms with Gasteiger partial charge < -0.3 is 25.4 Å². The van der Waals surface area contributed by atoms with E-state index in [4.69, 9.17) is 9.47 Å². The fourth-order valence-electron chi connectivity index (χ4n) is 3.27. The Kier molecular flexibility index (Phi) is 8.74. The third-order valence-corrected chi connectivity index (χ3v) is 4.64. The molecule has 1 fully saturated rings. The van der Waals surface area contributed by atoms with Crippen molar-refractivity contribution in [1.29, 1.82) is 0 Å². The molecule has 1 aliphatic rings. The van der Waals surface area contributed by atoms with E-state index < -0.39 is 0 Å². The van der Waals surface area contributed by atoms with Crippen molar-refractivity contribution < 1.29 is 14.3 Å². The molecule has 2 rings (SSSR count). The molecule has 0 heterocycles. The number of hydrogen-bond donors (Lipinski definition) is 3. The van der Waals surface area contributed by atoms with Crippen LogP contribution >= 0.6 is 0 Å². The van der Waals surface area contributed by atoms with Crippen LogP contribution in [0, 0.1) is 5.92 Å². The molecule has 7 nitrogen and oxygen atoms in total. The maximum atomic E-state index is 12.0. The van der Waals surface area contributed by atoms with Crippen LogP contribution in [0.4, 0.5) is 5.69 Å². The molecule has 1 aliphatic carbocycles. The molecule has 0 unspecified atom stereocenters. The minimum Gasteiger partial charge on any atom is -0.493 e. The second kappa shape index (κ2) is 11.3. The Labute approximate surface area is 161 Å². The van der Waals surface area contributed by atoms with Crippen LogP contribution in [0.3, 0.4) is 0 Å². The third kappa shape index (κ3) is 7.00. The average molecular weight is 377 g/mol. The summed E-state index contributed by atoms with van der Waals surface area (Å²) in [6.45, 7) is 3.80. The number of nitrogens with zero attached hydrogens (tertiary/aromatic N) is 1. The van der Waals surface area contributed by atoms with Gasteiger partial charge in [-0.3, -0.25) is 9.79 Å². The first-order chi connectivity index (χ1) is 13.2. The lowest BCUT2D eigenvalue weighted by molar-refractivity contribution is -0.121. The van der Waals surface area contributed by atoms with Crippen molar-refractivity contribution in [2.75, 3.05) is 39.2 Å². The summed E-state index contributed by atoms with van der Waals surface area (Å²) in [5.74, 6) is 2.69. The van der Waals surface area contributed by atoms with E-state index in [1.807, 2.05) is 25.1 Å². The van der Waals surface area contributed by atoms with Crippen LogP contribution in [-0.2, 0) is 4.79 Å². The molecule has 0 radical (unpaired) electrons. The molecule has 0 atom stereocenters. The van der Waals surface area contributed by atoms with E-state index in [1.54, 1.807) is 14.2 Å². The highest BCUT2D eigenvalue weighted by atomic mass is 16.5. The lowest BCUT2D eigenvalue weighted by Gasteiger charge is -2.14. The molecule has 3 N–H and O–H groups in total. The van der Waals surface area contributed by atoms with Crippen LogP contribution in [-0.4, -0.2) is 45.7 Å². The summed E-state index contributed by atoms with van der Waals surface area (Å²) in [4.78, 5) is 16.5.